The minimum absolute atomic E-state index is 0.123. The van der Waals surface area contributed by atoms with Gasteiger partial charge in [0.25, 0.3) is 11.8 Å². The zero-order chi connectivity index (χ0) is 17.9. The number of likely N-dealkylation sites (N-methyl/N-ethyl adjacent to an activating group) is 2. The first kappa shape index (κ1) is 17.7. The Bertz CT molecular complexity index is 694. The van der Waals surface area contributed by atoms with Gasteiger partial charge in [-0.2, -0.15) is 0 Å². The van der Waals surface area contributed by atoms with Crippen molar-refractivity contribution in [1.82, 2.24) is 9.80 Å². The van der Waals surface area contributed by atoms with Crippen molar-refractivity contribution in [1.29, 1.82) is 0 Å². The van der Waals surface area contributed by atoms with Crippen LogP contribution in [-0.4, -0.2) is 59.4 Å². The van der Waals surface area contributed by atoms with Crippen LogP contribution in [0.3, 0.4) is 0 Å². The van der Waals surface area contributed by atoms with Crippen molar-refractivity contribution in [2.75, 3.05) is 32.1 Å². The number of amides is 3. The smallest absolute Gasteiger partial charge is 0.277 e. The maximum absolute atomic E-state index is 12.6. The highest BCUT2D eigenvalue weighted by Crippen LogP contribution is 2.31. The molecular weight excluding hydrogens is 310 g/mol. The van der Waals surface area contributed by atoms with Crippen molar-refractivity contribution in [2.45, 2.75) is 13.8 Å². The van der Waals surface area contributed by atoms with Crippen LogP contribution in [0.4, 0.5) is 5.69 Å². The van der Waals surface area contributed by atoms with Gasteiger partial charge in [0.1, 0.15) is 5.70 Å². The third kappa shape index (κ3) is 3.30. The Hall–Kier alpha value is -2.67. The molecule has 2 N–H and O–H groups in total. The van der Waals surface area contributed by atoms with Crippen molar-refractivity contribution in [3.8, 4) is 0 Å². The normalized spacial score (nSPS) is 14.4. The second-order valence-electron chi connectivity index (χ2n) is 5.48. The first-order chi connectivity index (χ1) is 11.4. The molecular formula is C17H21N3O4. The number of aliphatic hydroxyl groups is 1. The Labute approximate surface area is 140 Å². The molecule has 7 heteroatoms. The molecule has 0 aromatic heterocycles. The van der Waals surface area contributed by atoms with E-state index >= 15 is 0 Å². The van der Waals surface area contributed by atoms with E-state index < -0.39 is 0 Å². The fraction of sp³-hybridized carbons (Fsp3) is 0.353. The molecule has 0 saturated carbocycles. The van der Waals surface area contributed by atoms with Gasteiger partial charge in [-0.25, -0.2) is 0 Å². The maximum atomic E-state index is 12.6. The Balaban J connectivity index is 2.46. The fourth-order valence-corrected chi connectivity index (χ4v) is 2.65. The van der Waals surface area contributed by atoms with Gasteiger partial charge in [-0.05, 0) is 24.6 Å². The number of aliphatic hydroxyl groups excluding tert-OH is 1. The molecule has 7 nitrogen and oxygen atoms in total. The molecule has 0 atom stereocenters. The molecule has 0 aliphatic carbocycles. The second kappa shape index (κ2) is 7.27. The molecule has 3 amide bonds. The molecule has 1 heterocycles. The van der Waals surface area contributed by atoms with E-state index in [0.29, 0.717) is 16.8 Å². The van der Waals surface area contributed by atoms with Crippen LogP contribution in [0.5, 0.6) is 0 Å². The van der Waals surface area contributed by atoms with Crippen molar-refractivity contribution in [3.63, 3.8) is 0 Å². The summed E-state index contributed by atoms with van der Waals surface area (Å²) in [5.41, 5.74) is 1.80. The van der Waals surface area contributed by atoms with Crippen LogP contribution < -0.4 is 5.32 Å². The number of hydrogen-bond donors (Lipinski definition) is 2. The van der Waals surface area contributed by atoms with E-state index in [-0.39, 0.29) is 43.1 Å². The van der Waals surface area contributed by atoms with Crippen LogP contribution in [0.15, 0.2) is 30.0 Å². The summed E-state index contributed by atoms with van der Waals surface area (Å²) in [4.78, 5) is 39.0. The van der Waals surface area contributed by atoms with Crippen molar-refractivity contribution in [3.05, 3.63) is 35.5 Å². The van der Waals surface area contributed by atoms with Crippen LogP contribution in [0.2, 0.25) is 0 Å². The summed E-state index contributed by atoms with van der Waals surface area (Å²) in [5, 5.41) is 11.8. The lowest BCUT2D eigenvalue weighted by Gasteiger charge is -2.19. The number of nitrogens with zero attached hydrogens (tertiary/aromatic N) is 2. The molecule has 0 saturated heterocycles. The molecule has 24 heavy (non-hydrogen) atoms. The SMILES string of the molecule is CCN1C(=O)C(c2ccc(NC(C)=O)cc2)=C(N(C)CCO)C1=O. The molecule has 2 rings (SSSR count). The average Bonchev–Trinajstić information content (AvgIpc) is 2.78. The van der Waals surface area contributed by atoms with Gasteiger partial charge < -0.3 is 15.3 Å². The van der Waals surface area contributed by atoms with Crippen LogP contribution in [0.25, 0.3) is 5.57 Å². The predicted octanol–water partition coefficient (Wildman–Crippen LogP) is 0.669. The zero-order valence-electron chi connectivity index (χ0n) is 14.0. The van der Waals surface area contributed by atoms with Gasteiger partial charge in [-0.1, -0.05) is 12.1 Å². The van der Waals surface area contributed by atoms with E-state index in [0.717, 1.165) is 0 Å². The van der Waals surface area contributed by atoms with Gasteiger partial charge in [-0.3, -0.25) is 19.3 Å². The lowest BCUT2D eigenvalue weighted by Crippen LogP contribution is -2.34. The number of rotatable bonds is 6. The van der Waals surface area contributed by atoms with Gasteiger partial charge in [0.2, 0.25) is 5.91 Å². The van der Waals surface area contributed by atoms with Crippen molar-refractivity contribution in [2.24, 2.45) is 0 Å². The van der Waals surface area contributed by atoms with Gasteiger partial charge >= 0.3 is 0 Å². The number of benzene rings is 1. The first-order valence-corrected chi connectivity index (χ1v) is 7.71. The van der Waals surface area contributed by atoms with Gasteiger partial charge in [0, 0.05) is 32.7 Å². The van der Waals surface area contributed by atoms with E-state index in [4.69, 9.17) is 5.11 Å². The number of carbonyl (C=O) groups excluding carboxylic acids is 3. The monoisotopic (exact) mass is 331 g/mol. The predicted molar refractivity (Wildman–Crippen MR) is 89.8 cm³/mol. The quantitative estimate of drug-likeness (QED) is 0.748. The van der Waals surface area contributed by atoms with Gasteiger partial charge in [0.05, 0.1) is 12.2 Å². The molecule has 1 aliphatic rings. The lowest BCUT2D eigenvalue weighted by atomic mass is 10.0. The average molecular weight is 331 g/mol. The third-order valence-corrected chi connectivity index (χ3v) is 3.77. The van der Waals surface area contributed by atoms with Gasteiger partial charge in [0.15, 0.2) is 0 Å². The van der Waals surface area contributed by atoms with E-state index in [9.17, 15) is 14.4 Å². The summed E-state index contributed by atoms with van der Waals surface area (Å²) in [6, 6.07) is 6.75. The molecule has 0 fully saturated rings. The van der Waals surface area contributed by atoms with Crippen molar-refractivity contribution >= 4 is 29.0 Å². The number of anilines is 1. The van der Waals surface area contributed by atoms with Crippen molar-refractivity contribution < 1.29 is 19.5 Å². The standard InChI is InChI=1S/C17H21N3O4/c1-4-20-16(23)14(15(17(20)24)19(3)9-10-21)12-5-7-13(8-6-12)18-11(2)22/h5-8,21H,4,9-10H2,1-3H3,(H,18,22). The maximum Gasteiger partial charge on any atom is 0.277 e. The number of carbonyl (C=O) groups is 3. The summed E-state index contributed by atoms with van der Waals surface area (Å²) in [7, 11) is 1.67. The first-order valence-electron chi connectivity index (χ1n) is 7.71. The Morgan fingerprint density at radius 1 is 1.21 bits per heavy atom. The Morgan fingerprint density at radius 2 is 1.83 bits per heavy atom. The van der Waals surface area contributed by atoms with Gasteiger partial charge in [-0.15, -0.1) is 0 Å². The Kier molecular flexibility index (Phi) is 5.35. The number of imide groups is 1. The highest BCUT2D eigenvalue weighted by molar-refractivity contribution is 6.35. The molecule has 0 unspecified atom stereocenters. The summed E-state index contributed by atoms with van der Waals surface area (Å²) >= 11 is 0. The number of hydrogen-bond acceptors (Lipinski definition) is 5. The number of nitrogens with one attached hydrogen (secondary N) is 1. The summed E-state index contributed by atoms with van der Waals surface area (Å²) in [6.45, 7) is 3.56. The molecule has 0 spiro atoms. The molecule has 0 radical (unpaired) electrons. The topological polar surface area (TPSA) is 90.0 Å². The van der Waals surface area contributed by atoms with E-state index in [1.807, 2.05) is 0 Å². The zero-order valence-corrected chi connectivity index (χ0v) is 14.0. The van der Waals surface area contributed by atoms with E-state index in [1.54, 1.807) is 43.1 Å². The lowest BCUT2D eigenvalue weighted by molar-refractivity contribution is -0.137. The van der Waals surface area contributed by atoms with Crippen LogP contribution in [-0.2, 0) is 14.4 Å². The second-order valence-corrected chi connectivity index (χ2v) is 5.48. The van der Waals surface area contributed by atoms with Crippen LogP contribution in [0.1, 0.15) is 19.4 Å². The fourth-order valence-electron chi connectivity index (χ4n) is 2.65. The highest BCUT2D eigenvalue weighted by Gasteiger charge is 2.39. The summed E-state index contributed by atoms with van der Waals surface area (Å²) in [6.07, 6.45) is 0. The molecule has 128 valence electrons. The molecule has 0 bridgehead atoms. The summed E-state index contributed by atoms with van der Waals surface area (Å²) < 4.78 is 0. The largest absolute Gasteiger partial charge is 0.395 e. The van der Waals surface area contributed by atoms with E-state index in [1.165, 1.54) is 11.8 Å². The molecule has 1 aromatic rings. The van der Waals surface area contributed by atoms with Crippen LogP contribution >= 0.6 is 0 Å². The minimum atomic E-state index is -0.362. The van der Waals surface area contributed by atoms with E-state index in [2.05, 4.69) is 5.32 Å². The van der Waals surface area contributed by atoms with Crippen LogP contribution in [0, 0.1) is 0 Å². The highest BCUT2D eigenvalue weighted by atomic mass is 16.3. The molecule has 1 aromatic carbocycles. The molecule has 1 aliphatic heterocycles. The summed E-state index contributed by atoms with van der Waals surface area (Å²) in [5.74, 6) is -0.899. The Morgan fingerprint density at radius 3 is 2.33 bits per heavy atom. The minimum Gasteiger partial charge on any atom is -0.395 e. The third-order valence-electron chi connectivity index (χ3n) is 3.77.